The van der Waals surface area contributed by atoms with Gasteiger partial charge in [-0.2, -0.15) is 5.10 Å². The highest BCUT2D eigenvalue weighted by Crippen LogP contribution is 2.12. The van der Waals surface area contributed by atoms with E-state index in [4.69, 9.17) is 11.5 Å². The van der Waals surface area contributed by atoms with Crippen LogP contribution in [0.15, 0.2) is 5.10 Å². The van der Waals surface area contributed by atoms with E-state index >= 15 is 0 Å². The molecule has 0 saturated carbocycles. The minimum absolute atomic E-state index is 0.0159. The van der Waals surface area contributed by atoms with E-state index in [0.717, 1.165) is 0 Å². The molecule has 0 amide bonds. The smallest absolute Gasteiger partial charge is 0.184 e. The number of nitrogens with one attached hydrogen (secondary N) is 1. The van der Waals surface area contributed by atoms with Crippen molar-refractivity contribution in [2.75, 3.05) is 26.2 Å². The maximum Gasteiger partial charge on any atom is 0.184 e. The van der Waals surface area contributed by atoms with Gasteiger partial charge in [0.05, 0.1) is 26.2 Å². The molecule has 5 nitrogen and oxygen atoms in total. The number of hydrogen-bond donors (Lipinski definition) is 3. The van der Waals surface area contributed by atoms with Gasteiger partial charge in [-0.25, -0.2) is 0 Å². The number of nitrogens with zero attached hydrogens (tertiary/aromatic N) is 2. The van der Waals surface area contributed by atoms with E-state index in [1.165, 1.54) is 56.3 Å². The average Bonchev–Trinajstić information content (AvgIpc) is 2.38. The van der Waals surface area contributed by atoms with Gasteiger partial charge < -0.3 is 28.6 Å². The number of hydrogen-bond acceptors (Lipinski definition) is 3. The average molecular weight is 336 g/mol. The van der Waals surface area contributed by atoms with E-state index < -0.39 is 0 Å². The molecule has 0 aliphatic carbocycles. The van der Waals surface area contributed by atoms with Gasteiger partial charge in [0, 0.05) is 0 Å². The summed E-state index contributed by atoms with van der Waals surface area (Å²) in [4.78, 5) is 0. The normalized spacial score (nSPS) is 11.5. The number of amidine groups is 1. The fourth-order valence-electron chi connectivity index (χ4n) is 2.68. The summed E-state index contributed by atoms with van der Waals surface area (Å²) in [6.45, 7) is 14.8. The third-order valence-corrected chi connectivity index (χ3v) is 3.25. The first-order valence-corrected chi connectivity index (χ1v) is 8.59. The topological polar surface area (TPSA) is 76.4 Å². The van der Waals surface area contributed by atoms with Crippen LogP contribution in [0.25, 0.3) is 0 Å². The van der Waals surface area contributed by atoms with Gasteiger partial charge >= 0.3 is 0 Å². The first-order valence-electron chi connectivity index (χ1n) is 7.78. The fourth-order valence-corrected chi connectivity index (χ4v) is 2.77. The summed E-state index contributed by atoms with van der Waals surface area (Å²) in [5.41, 5.74) is 12.1. The van der Waals surface area contributed by atoms with Gasteiger partial charge in [-0.3, -0.25) is 5.43 Å². The summed E-state index contributed by atoms with van der Waals surface area (Å²) in [6.07, 6.45) is 5.33. The van der Waals surface area contributed by atoms with Gasteiger partial charge in [0.2, 0.25) is 0 Å². The van der Waals surface area contributed by atoms with Crippen LogP contribution in [0.5, 0.6) is 0 Å². The molecule has 0 aliphatic heterocycles. The predicted octanol–water partition coefficient (Wildman–Crippen LogP) is 2.04. The molecule has 0 saturated heterocycles. The Morgan fingerprint density at radius 1 is 0.952 bits per heavy atom. The Morgan fingerprint density at radius 3 is 1.43 bits per heavy atom. The maximum atomic E-state index is 4.95. The molecule has 21 heavy (non-hydrogen) atoms. The molecule has 0 aromatic carbocycles. The minimum Gasteiger partial charge on any atom is -0.741 e. The molecule has 7 heteroatoms. The van der Waals surface area contributed by atoms with Gasteiger partial charge in [0.25, 0.3) is 0 Å². The Kier molecular flexibility index (Phi) is 15.4. The standard InChI is InChI=1S/C12H28N.C2H6N4S2/c1-5-9-13(10-6-2,11-7-3)12-8-4;3-1(7)5-6-2(4)8/h5-12H2,1-4H3;(H3,3,5,7)(H3,4,6,8)/q+1;/p-1. The number of nitrogens with two attached hydrogens (primary N) is 2. The molecule has 0 fully saturated rings. The van der Waals surface area contributed by atoms with Crippen molar-refractivity contribution in [3.8, 4) is 0 Å². The van der Waals surface area contributed by atoms with E-state index in [1.807, 2.05) is 0 Å². The summed E-state index contributed by atoms with van der Waals surface area (Å²) in [6, 6.07) is 0. The zero-order valence-corrected chi connectivity index (χ0v) is 15.7. The zero-order valence-electron chi connectivity index (χ0n) is 14.0. The lowest BCUT2D eigenvalue weighted by Gasteiger charge is -2.38. The Labute approximate surface area is 141 Å². The van der Waals surface area contributed by atoms with Crippen LogP contribution in [0.2, 0.25) is 0 Å². The van der Waals surface area contributed by atoms with Crippen LogP contribution in [-0.4, -0.2) is 40.9 Å². The van der Waals surface area contributed by atoms with Crippen LogP contribution in [0.4, 0.5) is 0 Å². The Balaban J connectivity index is 0. The van der Waals surface area contributed by atoms with Gasteiger partial charge in [-0.1, -0.05) is 27.7 Å². The highest BCUT2D eigenvalue weighted by molar-refractivity contribution is 7.80. The van der Waals surface area contributed by atoms with E-state index in [2.05, 4.69) is 63.1 Å². The summed E-state index contributed by atoms with van der Waals surface area (Å²) >= 11 is 8.72. The molecule has 0 spiro atoms. The SMILES string of the molecule is CCC[N+](CCC)(CCC)CCC.NC(=S)N/N=C(/N)[S-]. The first-order chi connectivity index (χ1) is 9.87. The second kappa shape index (κ2) is 14.3. The fraction of sp³-hybridized carbons (Fsp3) is 0.857. The molecule has 0 atom stereocenters. The molecular formula is C14H33N5S2. The van der Waals surface area contributed by atoms with Crippen LogP contribution >= 0.6 is 12.2 Å². The molecule has 0 unspecified atom stereocenters. The van der Waals surface area contributed by atoms with Gasteiger partial charge in [0.1, 0.15) is 0 Å². The molecular weight excluding hydrogens is 302 g/mol. The molecule has 0 aromatic heterocycles. The first kappa shape index (κ1) is 22.6. The number of hydrazone groups is 1. The van der Waals surface area contributed by atoms with Crippen molar-refractivity contribution in [1.82, 2.24) is 5.43 Å². The Hall–Kier alpha value is -0.660. The third-order valence-electron chi connectivity index (χ3n) is 3.07. The highest BCUT2D eigenvalue weighted by atomic mass is 32.1. The van der Waals surface area contributed by atoms with Crippen LogP contribution in [-0.2, 0) is 12.6 Å². The summed E-state index contributed by atoms with van der Waals surface area (Å²) in [7, 11) is 0. The molecule has 5 N–H and O–H groups in total. The van der Waals surface area contributed by atoms with Gasteiger partial charge in [-0.05, 0) is 43.1 Å². The Bertz CT molecular complexity index is 262. The molecule has 0 aliphatic rings. The largest absolute Gasteiger partial charge is 0.741 e. The quantitative estimate of drug-likeness (QED) is 0.150. The highest BCUT2D eigenvalue weighted by Gasteiger charge is 2.22. The van der Waals surface area contributed by atoms with Crippen LogP contribution in [0.3, 0.4) is 0 Å². The molecule has 0 radical (unpaired) electrons. The Morgan fingerprint density at radius 2 is 1.29 bits per heavy atom. The molecule has 0 heterocycles. The van der Waals surface area contributed by atoms with Crippen molar-refractivity contribution in [3.63, 3.8) is 0 Å². The predicted molar refractivity (Wildman–Crippen MR) is 99.8 cm³/mol. The summed E-state index contributed by atoms with van der Waals surface area (Å²) < 4.78 is 1.38. The lowest BCUT2D eigenvalue weighted by atomic mass is 10.2. The summed E-state index contributed by atoms with van der Waals surface area (Å²) in [5, 5.41) is 3.35. The number of thiocarbonyl (C=S) groups is 1. The monoisotopic (exact) mass is 335 g/mol. The molecule has 0 rings (SSSR count). The van der Waals surface area contributed by atoms with Crippen molar-refractivity contribution in [3.05, 3.63) is 0 Å². The number of rotatable bonds is 9. The molecule has 0 aromatic rings. The van der Waals surface area contributed by atoms with Crippen molar-refractivity contribution < 1.29 is 4.48 Å². The maximum absolute atomic E-state index is 4.95. The van der Waals surface area contributed by atoms with Gasteiger partial charge in [0.15, 0.2) is 5.11 Å². The van der Waals surface area contributed by atoms with Crippen LogP contribution in [0, 0.1) is 0 Å². The van der Waals surface area contributed by atoms with Crippen molar-refractivity contribution in [1.29, 1.82) is 0 Å². The van der Waals surface area contributed by atoms with Crippen LogP contribution in [0.1, 0.15) is 53.4 Å². The lowest BCUT2D eigenvalue weighted by Crippen LogP contribution is -2.50. The second-order valence-electron chi connectivity index (χ2n) is 5.16. The minimum atomic E-state index is -0.0159. The molecule has 0 bridgehead atoms. The lowest BCUT2D eigenvalue weighted by molar-refractivity contribution is -0.928. The van der Waals surface area contributed by atoms with Crippen molar-refractivity contribution in [2.24, 2.45) is 16.6 Å². The molecule has 126 valence electrons. The van der Waals surface area contributed by atoms with E-state index in [9.17, 15) is 0 Å². The van der Waals surface area contributed by atoms with Gasteiger partial charge in [-0.15, -0.1) is 0 Å². The second-order valence-corrected chi connectivity index (χ2v) is 6.02. The van der Waals surface area contributed by atoms with Crippen LogP contribution < -0.4 is 16.9 Å². The van der Waals surface area contributed by atoms with E-state index in [0.29, 0.717) is 0 Å². The van der Waals surface area contributed by atoms with E-state index in [1.54, 1.807) is 0 Å². The third kappa shape index (κ3) is 14.1. The van der Waals surface area contributed by atoms with Crippen molar-refractivity contribution in [2.45, 2.75) is 53.4 Å². The number of quaternary nitrogens is 1. The van der Waals surface area contributed by atoms with E-state index in [-0.39, 0.29) is 10.3 Å². The van der Waals surface area contributed by atoms with Crippen molar-refractivity contribution >= 4 is 35.1 Å². The zero-order chi connectivity index (χ0) is 16.7. The summed E-state index contributed by atoms with van der Waals surface area (Å²) in [5.74, 6) is 0.